The van der Waals surface area contributed by atoms with E-state index in [0.29, 0.717) is 0 Å². The van der Waals surface area contributed by atoms with Crippen LogP contribution in [0.1, 0.15) is 12.8 Å². The highest BCUT2D eigenvalue weighted by molar-refractivity contribution is 6.30. The summed E-state index contributed by atoms with van der Waals surface area (Å²) in [7, 11) is 0. The molecule has 1 aliphatic rings. The van der Waals surface area contributed by atoms with Crippen LogP contribution in [0, 0.1) is 5.41 Å². The van der Waals surface area contributed by atoms with Gasteiger partial charge in [-0.05, 0) is 31.0 Å². The van der Waals surface area contributed by atoms with Gasteiger partial charge in [-0.1, -0.05) is 17.7 Å². The van der Waals surface area contributed by atoms with Crippen molar-refractivity contribution in [2.45, 2.75) is 12.8 Å². The topological polar surface area (TPSA) is 32.3 Å². The Labute approximate surface area is 88.9 Å². The average Bonchev–Trinajstić information content (AvgIpc) is 2.96. The van der Waals surface area contributed by atoms with Gasteiger partial charge in [0.2, 0.25) is 0 Å². The highest BCUT2D eigenvalue weighted by atomic mass is 35.5. The smallest absolute Gasteiger partial charge is 0.0504 e. The van der Waals surface area contributed by atoms with Gasteiger partial charge in [0.25, 0.3) is 0 Å². The Balaban J connectivity index is 1.92. The lowest BCUT2D eigenvalue weighted by molar-refractivity contribution is 0.220. The van der Waals surface area contributed by atoms with Crippen molar-refractivity contribution in [1.82, 2.24) is 0 Å². The summed E-state index contributed by atoms with van der Waals surface area (Å²) in [5.41, 5.74) is 1.17. The molecule has 0 radical (unpaired) electrons. The molecular formula is C11H14ClNO. The number of anilines is 1. The number of benzene rings is 1. The zero-order chi connectivity index (χ0) is 10.0. The zero-order valence-corrected chi connectivity index (χ0v) is 8.72. The molecule has 2 rings (SSSR count). The third kappa shape index (κ3) is 2.20. The number of hydrogen-bond acceptors (Lipinski definition) is 2. The molecule has 0 saturated heterocycles. The third-order valence-electron chi connectivity index (χ3n) is 2.78. The lowest BCUT2D eigenvalue weighted by Gasteiger charge is -2.13. The van der Waals surface area contributed by atoms with Crippen LogP contribution in [-0.2, 0) is 0 Å². The number of hydrogen-bond donors (Lipinski definition) is 2. The van der Waals surface area contributed by atoms with Gasteiger partial charge in [0.1, 0.15) is 0 Å². The fourth-order valence-corrected chi connectivity index (χ4v) is 1.65. The normalized spacial score (nSPS) is 17.9. The minimum Gasteiger partial charge on any atom is -0.396 e. The fourth-order valence-electron chi connectivity index (χ4n) is 1.46. The second-order valence-corrected chi connectivity index (χ2v) is 4.46. The Morgan fingerprint density at radius 3 is 2.79 bits per heavy atom. The molecule has 0 aliphatic heterocycles. The number of nitrogens with one attached hydrogen (secondary N) is 1. The van der Waals surface area contributed by atoms with Gasteiger partial charge in [0.05, 0.1) is 6.61 Å². The second-order valence-electron chi connectivity index (χ2n) is 4.02. The van der Waals surface area contributed by atoms with Crippen molar-refractivity contribution < 1.29 is 5.11 Å². The molecule has 1 aromatic rings. The van der Waals surface area contributed by atoms with Gasteiger partial charge in [0.15, 0.2) is 0 Å². The summed E-state index contributed by atoms with van der Waals surface area (Å²) in [6.45, 7) is 1.12. The van der Waals surface area contributed by atoms with E-state index in [1.54, 1.807) is 0 Å². The summed E-state index contributed by atoms with van der Waals surface area (Å²) in [5.74, 6) is 0. The van der Waals surface area contributed by atoms with Gasteiger partial charge in [-0.3, -0.25) is 0 Å². The summed E-state index contributed by atoms with van der Waals surface area (Å²) >= 11 is 5.85. The largest absolute Gasteiger partial charge is 0.396 e. The number of aliphatic hydroxyl groups is 1. The first kappa shape index (κ1) is 9.81. The molecule has 1 saturated carbocycles. The predicted octanol–water partition coefficient (Wildman–Crippen LogP) is 2.52. The maximum absolute atomic E-state index is 9.12. The van der Waals surface area contributed by atoms with E-state index in [1.165, 1.54) is 0 Å². The maximum atomic E-state index is 9.12. The molecule has 1 aliphatic carbocycles. The molecule has 0 spiro atoms. The SMILES string of the molecule is OCC1(CNc2cccc(Cl)c2)CC1. The Morgan fingerprint density at radius 1 is 1.43 bits per heavy atom. The van der Waals surface area contributed by atoms with Crippen LogP contribution in [0.3, 0.4) is 0 Å². The zero-order valence-electron chi connectivity index (χ0n) is 7.96. The van der Waals surface area contributed by atoms with Crippen molar-refractivity contribution in [2.24, 2.45) is 5.41 Å². The monoisotopic (exact) mass is 211 g/mol. The van der Waals surface area contributed by atoms with Crippen molar-refractivity contribution >= 4 is 17.3 Å². The molecule has 1 aromatic carbocycles. The van der Waals surface area contributed by atoms with E-state index in [4.69, 9.17) is 16.7 Å². The Morgan fingerprint density at radius 2 is 2.21 bits per heavy atom. The number of aliphatic hydroxyl groups excluding tert-OH is 1. The molecule has 3 heteroatoms. The molecule has 0 amide bonds. The second kappa shape index (κ2) is 3.79. The highest BCUT2D eigenvalue weighted by Gasteiger charge is 2.41. The minimum absolute atomic E-state index is 0.141. The van der Waals surface area contributed by atoms with Gasteiger partial charge in [-0.2, -0.15) is 0 Å². The summed E-state index contributed by atoms with van der Waals surface area (Å²) in [5, 5.41) is 13.2. The van der Waals surface area contributed by atoms with Crippen LogP contribution >= 0.6 is 11.6 Å². The lowest BCUT2D eigenvalue weighted by atomic mass is 10.1. The first-order valence-electron chi connectivity index (χ1n) is 4.84. The molecule has 0 atom stereocenters. The number of rotatable bonds is 4. The predicted molar refractivity (Wildman–Crippen MR) is 58.7 cm³/mol. The first-order chi connectivity index (χ1) is 6.74. The van der Waals surface area contributed by atoms with E-state index in [9.17, 15) is 0 Å². The molecule has 2 N–H and O–H groups in total. The van der Waals surface area contributed by atoms with Crippen molar-refractivity contribution in [3.8, 4) is 0 Å². The molecule has 1 fully saturated rings. The van der Waals surface area contributed by atoms with E-state index in [2.05, 4.69) is 5.32 Å². The van der Waals surface area contributed by atoms with E-state index in [1.807, 2.05) is 24.3 Å². The molecule has 2 nitrogen and oxygen atoms in total. The van der Waals surface area contributed by atoms with Gasteiger partial charge >= 0.3 is 0 Å². The summed E-state index contributed by atoms with van der Waals surface area (Å²) in [6.07, 6.45) is 2.24. The van der Waals surface area contributed by atoms with Crippen LogP contribution in [-0.4, -0.2) is 18.3 Å². The van der Waals surface area contributed by atoms with E-state index in [0.717, 1.165) is 30.1 Å². The van der Waals surface area contributed by atoms with Crippen LogP contribution in [0.25, 0.3) is 0 Å². The van der Waals surface area contributed by atoms with E-state index < -0.39 is 0 Å². The molecule has 0 aromatic heterocycles. The highest BCUT2D eigenvalue weighted by Crippen LogP contribution is 2.44. The summed E-state index contributed by atoms with van der Waals surface area (Å²) in [6, 6.07) is 7.66. The first-order valence-corrected chi connectivity index (χ1v) is 5.22. The van der Waals surface area contributed by atoms with Crippen molar-refractivity contribution in [1.29, 1.82) is 0 Å². The van der Waals surface area contributed by atoms with Crippen molar-refractivity contribution in [2.75, 3.05) is 18.5 Å². The standard InChI is InChI=1S/C11H14ClNO/c12-9-2-1-3-10(6-9)13-7-11(8-14)4-5-11/h1-3,6,13-14H,4-5,7-8H2. The molecule has 14 heavy (non-hydrogen) atoms. The Bertz CT molecular complexity index is 323. The molecule has 0 unspecified atom stereocenters. The quantitative estimate of drug-likeness (QED) is 0.802. The van der Waals surface area contributed by atoms with Crippen LogP contribution in [0.4, 0.5) is 5.69 Å². The lowest BCUT2D eigenvalue weighted by Crippen LogP contribution is -2.18. The van der Waals surface area contributed by atoms with Crippen LogP contribution in [0.2, 0.25) is 5.02 Å². The van der Waals surface area contributed by atoms with Crippen LogP contribution < -0.4 is 5.32 Å². The maximum Gasteiger partial charge on any atom is 0.0504 e. The Hall–Kier alpha value is -0.730. The van der Waals surface area contributed by atoms with Gasteiger partial charge in [0, 0.05) is 22.7 Å². The van der Waals surface area contributed by atoms with Gasteiger partial charge < -0.3 is 10.4 Å². The van der Waals surface area contributed by atoms with Crippen LogP contribution in [0.5, 0.6) is 0 Å². The Kier molecular flexibility index (Phi) is 2.66. The van der Waals surface area contributed by atoms with E-state index in [-0.39, 0.29) is 12.0 Å². The van der Waals surface area contributed by atoms with Crippen molar-refractivity contribution in [3.63, 3.8) is 0 Å². The summed E-state index contributed by atoms with van der Waals surface area (Å²) in [4.78, 5) is 0. The molecule has 0 heterocycles. The van der Waals surface area contributed by atoms with Gasteiger partial charge in [-0.15, -0.1) is 0 Å². The molecule has 0 bridgehead atoms. The molecule has 76 valence electrons. The van der Waals surface area contributed by atoms with E-state index >= 15 is 0 Å². The average molecular weight is 212 g/mol. The number of halogens is 1. The van der Waals surface area contributed by atoms with Crippen LogP contribution in [0.15, 0.2) is 24.3 Å². The third-order valence-corrected chi connectivity index (χ3v) is 3.02. The summed E-state index contributed by atoms with van der Waals surface area (Å²) < 4.78 is 0. The molecular weight excluding hydrogens is 198 g/mol. The fraction of sp³-hybridized carbons (Fsp3) is 0.455. The van der Waals surface area contributed by atoms with Crippen molar-refractivity contribution in [3.05, 3.63) is 29.3 Å². The minimum atomic E-state index is 0.141. The van der Waals surface area contributed by atoms with Gasteiger partial charge in [-0.25, -0.2) is 0 Å².